The average molecular weight is 261 g/mol. The molecule has 2 amide bonds. The maximum absolute atomic E-state index is 12.0. The van der Waals surface area contributed by atoms with Gasteiger partial charge in [0, 0.05) is 0 Å². The summed E-state index contributed by atoms with van der Waals surface area (Å²) in [6, 6.07) is 6.07. The molecule has 1 heterocycles. The smallest absolute Gasteiger partial charge is 0.302 e. The predicted octanol–water partition coefficient (Wildman–Crippen LogP) is 0.343. The highest BCUT2D eigenvalue weighted by molar-refractivity contribution is 6.59. The van der Waals surface area contributed by atoms with Gasteiger partial charge in [-0.15, -0.1) is 0 Å². The van der Waals surface area contributed by atoms with Crippen LogP contribution >= 0.6 is 0 Å². The van der Waals surface area contributed by atoms with E-state index in [1.807, 2.05) is 0 Å². The molecule has 0 aromatic heterocycles. The summed E-state index contributed by atoms with van der Waals surface area (Å²) < 4.78 is 4.96. The van der Waals surface area contributed by atoms with E-state index in [-0.39, 0.29) is 5.69 Å². The third kappa shape index (κ3) is 2.01. The van der Waals surface area contributed by atoms with Crippen LogP contribution in [0.3, 0.4) is 0 Å². The van der Waals surface area contributed by atoms with Crippen LogP contribution < -0.4 is 9.64 Å². The summed E-state index contributed by atoms with van der Waals surface area (Å²) in [5.74, 6) is -4.33. The van der Waals surface area contributed by atoms with E-state index >= 15 is 0 Å². The zero-order chi connectivity index (χ0) is 14.2. The van der Waals surface area contributed by atoms with Crippen LogP contribution in [0, 0.1) is 5.92 Å². The monoisotopic (exact) mass is 261 g/mol. The summed E-state index contributed by atoms with van der Waals surface area (Å²) in [6.45, 7) is 1.12. The van der Waals surface area contributed by atoms with Crippen molar-refractivity contribution < 1.29 is 23.9 Å². The van der Waals surface area contributed by atoms with Crippen LogP contribution in [0.4, 0.5) is 5.69 Å². The standard InChI is InChI=1S/C13H11NO5/c1-7(15)10-11(16)13(18)14(12(10)17)8-3-5-9(19-2)6-4-8/h3-6,10H,1-2H3/t10-/m1/s1. The third-order valence-corrected chi connectivity index (χ3v) is 2.88. The molecule has 1 aliphatic rings. The zero-order valence-electron chi connectivity index (χ0n) is 10.4. The quantitative estimate of drug-likeness (QED) is 0.445. The highest BCUT2D eigenvalue weighted by Crippen LogP contribution is 2.26. The lowest BCUT2D eigenvalue weighted by molar-refractivity contribution is -0.139. The Labute approximate surface area is 108 Å². The van der Waals surface area contributed by atoms with Crippen molar-refractivity contribution in [3.05, 3.63) is 24.3 Å². The van der Waals surface area contributed by atoms with Crippen LogP contribution in [0.2, 0.25) is 0 Å². The van der Waals surface area contributed by atoms with Gasteiger partial charge in [-0.3, -0.25) is 19.2 Å². The molecule has 6 heteroatoms. The van der Waals surface area contributed by atoms with Gasteiger partial charge in [0.2, 0.25) is 5.78 Å². The van der Waals surface area contributed by atoms with Crippen LogP contribution in [0.15, 0.2) is 24.3 Å². The largest absolute Gasteiger partial charge is 0.497 e. The number of rotatable bonds is 3. The first-order valence-electron chi connectivity index (χ1n) is 5.54. The molecule has 19 heavy (non-hydrogen) atoms. The minimum absolute atomic E-state index is 0.243. The summed E-state index contributed by atoms with van der Waals surface area (Å²) in [5.41, 5.74) is 0.243. The second kappa shape index (κ2) is 4.64. The number of carbonyl (C=O) groups is 4. The van der Waals surface area contributed by atoms with Crippen molar-refractivity contribution in [2.75, 3.05) is 12.0 Å². The Morgan fingerprint density at radius 3 is 2.16 bits per heavy atom. The van der Waals surface area contributed by atoms with Gasteiger partial charge in [-0.25, -0.2) is 4.90 Å². The molecule has 0 radical (unpaired) electrons. The van der Waals surface area contributed by atoms with Crippen molar-refractivity contribution in [3.8, 4) is 5.75 Å². The first kappa shape index (κ1) is 12.9. The van der Waals surface area contributed by atoms with Gasteiger partial charge in [0.15, 0.2) is 5.92 Å². The number of hydrogen-bond donors (Lipinski definition) is 0. The van der Waals surface area contributed by atoms with Gasteiger partial charge in [0.05, 0.1) is 12.8 Å². The summed E-state index contributed by atoms with van der Waals surface area (Å²) in [6.07, 6.45) is 0. The molecule has 1 aromatic carbocycles. The van der Waals surface area contributed by atoms with Crippen molar-refractivity contribution in [1.82, 2.24) is 0 Å². The molecule has 0 spiro atoms. The lowest BCUT2D eigenvalue weighted by Gasteiger charge is -2.13. The molecular weight excluding hydrogens is 250 g/mol. The Morgan fingerprint density at radius 1 is 1.16 bits per heavy atom. The topological polar surface area (TPSA) is 80.8 Å². The Morgan fingerprint density at radius 2 is 1.74 bits per heavy atom. The molecule has 0 aliphatic carbocycles. The minimum Gasteiger partial charge on any atom is -0.497 e. The lowest BCUT2D eigenvalue weighted by atomic mass is 10.0. The van der Waals surface area contributed by atoms with Crippen molar-refractivity contribution in [1.29, 1.82) is 0 Å². The van der Waals surface area contributed by atoms with Gasteiger partial charge in [-0.1, -0.05) is 0 Å². The maximum atomic E-state index is 12.0. The molecule has 0 bridgehead atoms. The molecule has 1 aromatic rings. The normalized spacial score (nSPS) is 18.9. The minimum atomic E-state index is -1.50. The molecular formula is C13H11NO5. The van der Waals surface area contributed by atoms with Gasteiger partial charge in [0.1, 0.15) is 11.5 Å². The SMILES string of the molecule is COc1ccc(N2C(=O)C(=O)[C@@H](C(C)=O)C2=O)cc1. The molecule has 1 atom stereocenters. The molecule has 2 rings (SSSR count). The number of ketones is 2. The Balaban J connectivity index is 2.39. The highest BCUT2D eigenvalue weighted by atomic mass is 16.5. The summed E-state index contributed by atoms with van der Waals surface area (Å²) in [7, 11) is 1.48. The summed E-state index contributed by atoms with van der Waals surface area (Å²) in [4.78, 5) is 47.3. The van der Waals surface area contributed by atoms with Gasteiger partial charge in [-0.2, -0.15) is 0 Å². The number of amides is 2. The molecule has 6 nitrogen and oxygen atoms in total. The maximum Gasteiger partial charge on any atom is 0.302 e. The first-order chi connectivity index (χ1) is 8.97. The summed E-state index contributed by atoms with van der Waals surface area (Å²) in [5, 5.41) is 0. The van der Waals surface area contributed by atoms with E-state index in [0.29, 0.717) is 5.75 Å². The van der Waals surface area contributed by atoms with Crippen LogP contribution in [0.5, 0.6) is 5.75 Å². The lowest BCUT2D eigenvalue weighted by Crippen LogP contribution is -2.31. The third-order valence-electron chi connectivity index (χ3n) is 2.88. The van der Waals surface area contributed by atoms with E-state index < -0.39 is 29.3 Å². The number of ether oxygens (including phenoxy) is 1. The van der Waals surface area contributed by atoms with Gasteiger partial charge in [-0.05, 0) is 31.2 Å². The number of benzene rings is 1. The first-order valence-corrected chi connectivity index (χ1v) is 5.54. The second-order valence-electron chi connectivity index (χ2n) is 4.08. The predicted molar refractivity (Wildman–Crippen MR) is 64.7 cm³/mol. The second-order valence-corrected chi connectivity index (χ2v) is 4.08. The van der Waals surface area contributed by atoms with Crippen molar-refractivity contribution >= 4 is 29.1 Å². The van der Waals surface area contributed by atoms with Crippen LogP contribution in [-0.2, 0) is 19.2 Å². The van der Waals surface area contributed by atoms with Gasteiger partial charge in [0.25, 0.3) is 5.91 Å². The molecule has 1 aliphatic heterocycles. The van der Waals surface area contributed by atoms with Crippen molar-refractivity contribution in [3.63, 3.8) is 0 Å². The Bertz CT molecular complexity index is 575. The zero-order valence-corrected chi connectivity index (χ0v) is 10.4. The number of carbonyl (C=O) groups excluding carboxylic acids is 4. The number of methoxy groups -OCH3 is 1. The van der Waals surface area contributed by atoms with E-state index in [1.54, 1.807) is 12.1 Å². The van der Waals surface area contributed by atoms with Gasteiger partial charge < -0.3 is 4.74 Å². The van der Waals surface area contributed by atoms with Gasteiger partial charge >= 0.3 is 5.91 Å². The number of hydrogen-bond acceptors (Lipinski definition) is 5. The molecule has 1 fully saturated rings. The van der Waals surface area contributed by atoms with E-state index in [9.17, 15) is 19.2 Å². The summed E-state index contributed by atoms with van der Waals surface area (Å²) >= 11 is 0. The molecule has 0 unspecified atom stereocenters. The fourth-order valence-electron chi connectivity index (χ4n) is 1.91. The Kier molecular flexibility index (Phi) is 3.16. The van der Waals surface area contributed by atoms with E-state index in [0.717, 1.165) is 11.8 Å². The van der Waals surface area contributed by atoms with Crippen LogP contribution in [-0.4, -0.2) is 30.5 Å². The average Bonchev–Trinajstić information content (AvgIpc) is 2.60. The highest BCUT2D eigenvalue weighted by Gasteiger charge is 2.49. The van der Waals surface area contributed by atoms with E-state index in [2.05, 4.69) is 0 Å². The van der Waals surface area contributed by atoms with E-state index in [1.165, 1.54) is 19.2 Å². The molecule has 98 valence electrons. The van der Waals surface area contributed by atoms with Crippen molar-refractivity contribution in [2.24, 2.45) is 5.92 Å². The number of imide groups is 1. The van der Waals surface area contributed by atoms with Crippen molar-refractivity contribution in [2.45, 2.75) is 6.92 Å². The molecule has 0 saturated carbocycles. The number of nitrogens with zero attached hydrogens (tertiary/aromatic N) is 1. The van der Waals surface area contributed by atoms with Crippen LogP contribution in [0.25, 0.3) is 0 Å². The molecule has 0 N–H and O–H groups in total. The fraction of sp³-hybridized carbons (Fsp3) is 0.231. The van der Waals surface area contributed by atoms with Crippen LogP contribution in [0.1, 0.15) is 6.92 Å². The van der Waals surface area contributed by atoms with E-state index in [4.69, 9.17) is 4.74 Å². The fourth-order valence-corrected chi connectivity index (χ4v) is 1.91. The number of anilines is 1. The Hall–Kier alpha value is -2.50. The molecule has 1 saturated heterocycles. The number of Topliss-reactive ketones (excluding diaryl/α,β-unsaturated/α-hetero) is 2.